The summed E-state index contributed by atoms with van der Waals surface area (Å²) in [4.78, 5) is 11.4. The summed E-state index contributed by atoms with van der Waals surface area (Å²) in [6.45, 7) is 1.76. The third-order valence-electron chi connectivity index (χ3n) is 2.01. The standard InChI is InChI=1S/C12H12N2O3/c1-2-17-12(16)10(7-13)11(15)8-3-5-9(14)6-4-8/h3-6,15H,2,14H2,1H3/b11-10-. The molecule has 0 saturated heterocycles. The summed E-state index contributed by atoms with van der Waals surface area (Å²) in [6, 6.07) is 7.78. The molecule has 0 amide bonds. The van der Waals surface area contributed by atoms with Crippen LogP contribution in [0.3, 0.4) is 0 Å². The highest BCUT2D eigenvalue weighted by Gasteiger charge is 2.17. The van der Waals surface area contributed by atoms with Crippen LogP contribution < -0.4 is 5.73 Å². The van der Waals surface area contributed by atoms with E-state index in [1.54, 1.807) is 25.1 Å². The predicted octanol–water partition coefficient (Wildman–Crippen LogP) is 1.62. The summed E-state index contributed by atoms with van der Waals surface area (Å²) in [5.41, 5.74) is 5.93. The summed E-state index contributed by atoms with van der Waals surface area (Å²) in [7, 11) is 0. The number of hydrogen-bond donors (Lipinski definition) is 2. The van der Waals surface area contributed by atoms with Gasteiger partial charge < -0.3 is 15.6 Å². The first kappa shape index (κ1) is 12.6. The number of benzene rings is 1. The molecule has 0 saturated carbocycles. The molecule has 5 heteroatoms. The monoisotopic (exact) mass is 232 g/mol. The van der Waals surface area contributed by atoms with E-state index in [9.17, 15) is 9.90 Å². The minimum Gasteiger partial charge on any atom is -0.506 e. The molecule has 0 heterocycles. The van der Waals surface area contributed by atoms with Crippen LogP contribution in [0.2, 0.25) is 0 Å². The van der Waals surface area contributed by atoms with E-state index >= 15 is 0 Å². The van der Waals surface area contributed by atoms with Gasteiger partial charge in [0.1, 0.15) is 11.8 Å². The lowest BCUT2D eigenvalue weighted by molar-refractivity contribution is -0.138. The van der Waals surface area contributed by atoms with E-state index in [0.717, 1.165) is 0 Å². The quantitative estimate of drug-likeness (QED) is 0.271. The molecule has 1 rings (SSSR count). The van der Waals surface area contributed by atoms with Gasteiger partial charge in [0.15, 0.2) is 5.57 Å². The van der Waals surface area contributed by atoms with Gasteiger partial charge in [-0.3, -0.25) is 0 Å². The number of hydrogen-bond acceptors (Lipinski definition) is 5. The molecule has 0 bridgehead atoms. The summed E-state index contributed by atoms with van der Waals surface area (Å²) in [5, 5.41) is 18.6. The van der Waals surface area contributed by atoms with Crippen LogP contribution in [0.15, 0.2) is 29.8 Å². The van der Waals surface area contributed by atoms with Crippen molar-refractivity contribution in [2.24, 2.45) is 0 Å². The molecule has 0 radical (unpaired) electrons. The van der Waals surface area contributed by atoms with E-state index in [1.807, 2.05) is 0 Å². The summed E-state index contributed by atoms with van der Waals surface area (Å²) in [6.07, 6.45) is 0. The second-order valence-electron chi connectivity index (χ2n) is 3.18. The van der Waals surface area contributed by atoms with Crippen molar-refractivity contribution in [2.75, 3.05) is 12.3 Å². The molecule has 0 aliphatic carbocycles. The van der Waals surface area contributed by atoms with Crippen molar-refractivity contribution < 1.29 is 14.6 Å². The molecular weight excluding hydrogens is 220 g/mol. The summed E-state index contributed by atoms with van der Waals surface area (Å²) < 4.78 is 4.66. The minimum atomic E-state index is -0.843. The van der Waals surface area contributed by atoms with E-state index in [0.29, 0.717) is 11.3 Å². The number of carbonyl (C=O) groups is 1. The number of rotatable bonds is 3. The van der Waals surface area contributed by atoms with Crippen LogP contribution in [-0.4, -0.2) is 17.7 Å². The Kier molecular flexibility index (Phi) is 4.12. The van der Waals surface area contributed by atoms with Gasteiger partial charge in [0, 0.05) is 11.3 Å². The number of aliphatic hydroxyl groups excluding tert-OH is 1. The van der Waals surface area contributed by atoms with Crippen LogP contribution in [0.5, 0.6) is 0 Å². The number of ether oxygens (including phenoxy) is 1. The highest BCUT2D eigenvalue weighted by Crippen LogP contribution is 2.18. The first-order valence-electron chi connectivity index (χ1n) is 4.96. The molecule has 0 atom stereocenters. The molecule has 1 aromatic rings. The van der Waals surface area contributed by atoms with Gasteiger partial charge in [0.25, 0.3) is 0 Å². The number of esters is 1. The first-order valence-corrected chi connectivity index (χ1v) is 4.96. The van der Waals surface area contributed by atoms with Crippen molar-refractivity contribution >= 4 is 17.4 Å². The second-order valence-corrected chi connectivity index (χ2v) is 3.18. The largest absolute Gasteiger partial charge is 0.506 e. The van der Waals surface area contributed by atoms with Crippen molar-refractivity contribution in [1.82, 2.24) is 0 Å². The van der Waals surface area contributed by atoms with Gasteiger partial charge in [0.2, 0.25) is 0 Å². The molecule has 0 aromatic heterocycles. The van der Waals surface area contributed by atoms with Crippen molar-refractivity contribution in [2.45, 2.75) is 6.92 Å². The van der Waals surface area contributed by atoms with E-state index in [1.165, 1.54) is 12.1 Å². The van der Waals surface area contributed by atoms with Crippen molar-refractivity contribution in [3.8, 4) is 6.07 Å². The fourth-order valence-electron chi connectivity index (χ4n) is 1.18. The van der Waals surface area contributed by atoms with Gasteiger partial charge in [-0.15, -0.1) is 0 Å². The Bertz CT molecular complexity index is 483. The van der Waals surface area contributed by atoms with Crippen molar-refractivity contribution in [3.05, 3.63) is 35.4 Å². The average Bonchev–Trinajstić information content (AvgIpc) is 2.31. The van der Waals surface area contributed by atoms with Gasteiger partial charge >= 0.3 is 5.97 Å². The number of carbonyl (C=O) groups excluding carboxylic acids is 1. The van der Waals surface area contributed by atoms with Crippen LogP contribution >= 0.6 is 0 Å². The molecule has 0 spiro atoms. The maximum atomic E-state index is 11.4. The minimum absolute atomic E-state index is 0.138. The van der Waals surface area contributed by atoms with E-state index in [-0.39, 0.29) is 6.61 Å². The average molecular weight is 232 g/mol. The third kappa shape index (κ3) is 2.98. The molecule has 5 nitrogen and oxygen atoms in total. The van der Waals surface area contributed by atoms with Gasteiger partial charge in [-0.1, -0.05) is 0 Å². The number of nitrogen functional groups attached to an aromatic ring is 1. The van der Waals surface area contributed by atoms with Gasteiger partial charge in [-0.2, -0.15) is 5.26 Å². The van der Waals surface area contributed by atoms with Gasteiger partial charge in [-0.25, -0.2) is 4.79 Å². The Balaban J connectivity index is 3.13. The lowest BCUT2D eigenvalue weighted by Gasteiger charge is -2.04. The summed E-state index contributed by atoms with van der Waals surface area (Å²) in [5.74, 6) is -1.25. The zero-order chi connectivity index (χ0) is 12.8. The number of nitrogens with zero attached hydrogens (tertiary/aromatic N) is 1. The smallest absolute Gasteiger partial charge is 0.352 e. The Labute approximate surface area is 98.7 Å². The Hall–Kier alpha value is -2.48. The van der Waals surface area contributed by atoms with Crippen LogP contribution in [-0.2, 0) is 9.53 Å². The Morgan fingerprint density at radius 2 is 2.06 bits per heavy atom. The van der Waals surface area contributed by atoms with Crippen LogP contribution in [0.1, 0.15) is 12.5 Å². The van der Waals surface area contributed by atoms with Gasteiger partial charge in [0.05, 0.1) is 6.61 Å². The molecule has 17 heavy (non-hydrogen) atoms. The molecule has 0 unspecified atom stereocenters. The maximum absolute atomic E-state index is 11.4. The lowest BCUT2D eigenvalue weighted by atomic mass is 10.1. The van der Waals surface area contributed by atoms with Crippen LogP contribution in [0, 0.1) is 11.3 Å². The molecule has 1 aromatic carbocycles. The highest BCUT2D eigenvalue weighted by atomic mass is 16.5. The van der Waals surface area contributed by atoms with E-state index < -0.39 is 17.3 Å². The van der Waals surface area contributed by atoms with E-state index in [4.69, 9.17) is 11.0 Å². The topological polar surface area (TPSA) is 96.3 Å². The molecular formula is C12H12N2O3. The van der Waals surface area contributed by atoms with Crippen molar-refractivity contribution in [3.63, 3.8) is 0 Å². The SMILES string of the molecule is CCOC(=O)/C(C#N)=C(\O)c1ccc(N)cc1. The first-order chi connectivity index (χ1) is 8.10. The summed E-state index contributed by atoms with van der Waals surface area (Å²) >= 11 is 0. The van der Waals surface area contributed by atoms with Gasteiger partial charge in [-0.05, 0) is 31.2 Å². The molecule has 0 aliphatic rings. The molecule has 3 N–H and O–H groups in total. The fraction of sp³-hybridized carbons (Fsp3) is 0.167. The normalized spacial score (nSPS) is 11.3. The van der Waals surface area contributed by atoms with Crippen molar-refractivity contribution in [1.29, 1.82) is 5.26 Å². The molecule has 88 valence electrons. The molecule has 0 fully saturated rings. The number of nitriles is 1. The zero-order valence-electron chi connectivity index (χ0n) is 9.30. The second kappa shape index (κ2) is 5.56. The number of nitrogens with two attached hydrogens (primary N) is 1. The Morgan fingerprint density at radius 1 is 1.47 bits per heavy atom. The highest BCUT2D eigenvalue weighted by molar-refractivity contribution is 6.00. The molecule has 0 aliphatic heterocycles. The van der Waals surface area contributed by atoms with E-state index in [2.05, 4.69) is 4.74 Å². The predicted molar refractivity (Wildman–Crippen MR) is 62.6 cm³/mol. The number of anilines is 1. The maximum Gasteiger partial charge on any atom is 0.352 e. The van der Waals surface area contributed by atoms with Crippen LogP contribution in [0.4, 0.5) is 5.69 Å². The number of aliphatic hydroxyl groups is 1. The fourth-order valence-corrected chi connectivity index (χ4v) is 1.18. The lowest BCUT2D eigenvalue weighted by Crippen LogP contribution is -2.08. The Morgan fingerprint density at radius 3 is 2.53 bits per heavy atom. The third-order valence-corrected chi connectivity index (χ3v) is 2.01. The van der Waals surface area contributed by atoms with Crippen LogP contribution in [0.25, 0.3) is 5.76 Å². The zero-order valence-corrected chi connectivity index (χ0v) is 9.30.